The molecule has 0 bridgehead atoms. The molecule has 0 radical (unpaired) electrons. The van der Waals surface area contributed by atoms with Crippen LogP contribution in [0.15, 0.2) is 109 Å². The van der Waals surface area contributed by atoms with Crippen LogP contribution in [0.2, 0.25) is 0 Å². The van der Waals surface area contributed by atoms with E-state index in [2.05, 4.69) is 93.7 Å². The predicted molar refractivity (Wildman–Crippen MR) is 265 cm³/mol. The highest BCUT2D eigenvalue weighted by molar-refractivity contribution is 5.71. The third kappa shape index (κ3) is 47.1. The van der Waals surface area contributed by atoms with Gasteiger partial charge in [0.15, 0.2) is 6.10 Å². The van der Waals surface area contributed by atoms with E-state index in [4.69, 9.17) is 14.2 Å². The summed E-state index contributed by atoms with van der Waals surface area (Å²) in [4.78, 5) is 37.9. The first-order chi connectivity index (χ1) is 30.5. The first-order valence-corrected chi connectivity index (χ1v) is 24.9. The standard InChI is InChI=1S/C56H90O6/c1-4-7-10-13-16-19-22-25-27-28-29-32-34-37-40-43-46-49-55(58)61-52-53(51-60-54(57)48-45-42-39-36-33-30-24-21-18-15-12-9-6-3)62-56(59)50-47-44-41-38-35-31-26-23-20-17-14-11-8-5-2/h8-9,11-12,15,17-18,20-21,24-25,27,29-30,32-33,37,40,53H,4-7,10,13-14,16,19,22-23,26,28,31,34-36,38-39,41-52H2,1-3H3/b11-8+,12-9+,18-15+,20-17+,24-21+,27-25+,32-29+,33-30+,40-37+. The van der Waals surface area contributed by atoms with Crippen molar-refractivity contribution in [1.82, 2.24) is 0 Å². The molecule has 1 unspecified atom stereocenters. The molecule has 0 saturated carbocycles. The molecule has 6 heteroatoms. The molecule has 0 N–H and O–H groups in total. The predicted octanol–water partition coefficient (Wildman–Crippen LogP) is 16.4. The minimum atomic E-state index is -0.820. The first kappa shape index (κ1) is 58.1. The van der Waals surface area contributed by atoms with Crippen molar-refractivity contribution in [2.24, 2.45) is 0 Å². The zero-order valence-electron chi connectivity index (χ0n) is 39.8. The van der Waals surface area contributed by atoms with Crippen LogP contribution in [-0.2, 0) is 28.6 Å². The van der Waals surface area contributed by atoms with E-state index in [1.54, 1.807) is 0 Å². The van der Waals surface area contributed by atoms with Crippen molar-refractivity contribution >= 4 is 17.9 Å². The molecule has 0 spiro atoms. The SMILES string of the molecule is CC/C=C/C=C/C=C/C=C/CCCCCC(=O)OCC(COC(=O)CCC/C=C/C/C=C/C/C=C/CCCCCCCC)OC(=O)CCCCCCCCC/C=C/C/C=C/CC. The lowest BCUT2D eigenvalue weighted by Gasteiger charge is -2.18. The molecule has 350 valence electrons. The number of hydrogen-bond acceptors (Lipinski definition) is 6. The Morgan fingerprint density at radius 2 is 0.726 bits per heavy atom. The average molecular weight is 859 g/mol. The van der Waals surface area contributed by atoms with Crippen LogP contribution in [0.5, 0.6) is 0 Å². The van der Waals surface area contributed by atoms with Crippen LogP contribution in [0.1, 0.15) is 207 Å². The molecule has 0 saturated heterocycles. The van der Waals surface area contributed by atoms with E-state index in [1.165, 1.54) is 70.6 Å². The largest absolute Gasteiger partial charge is 0.462 e. The van der Waals surface area contributed by atoms with Gasteiger partial charge in [-0.05, 0) is 96.3 Å². The van der Waals surface area contributed by atoms with Gasteiger partial charge in [0.1, 0.15) is 13.2 Å². The summed E-state index contributed by atoms with van der Waals surface area (Å²) in [6.45, 7) is 6.28. The third-order valence-corrected chi connectivity index (χ3v) is 10.1. The molecule has 0 aliphatic carbocycles. The van der Waals surface area contributed by atoms with E-state index in [0.717, 1.165) is 89.9 Å². The first-order valence-electron chi connectivity index (χ1n) is 24.9. The van der Waals surface area contributed by atoms with Crippen molar-refractivity contribution in [1.29, 1.82) is 0 Å². The van der Waals surface area contributed by atoms with Gasteiger partial charge in [-0.3, -0.25) is 14.4 Å². The molecule has 0 aromatic heterocycles. The monoisotopic (exact) mass is 859 g/mol. The van der Waals surface area contributed by atoms with Gasteiger partial charge in [-0.15, -0.1) is 0 Å². The summed E-state index contributed by atoms with van der Waals surface area (Å²) in [6, 6.07) is 0. The van der Waals surface area contributed by atoms with Crippen LogP contribution in [-0.4, -0.2) is 37.2 Å². The van der Waals surface area contributed by atoms with E-state index in [-0.39, 0.29) is 37.5 Å². The molecule has 0 aliphatic rings. The molecule has 1 atom stereocenters. The molecule has 0 rings (SSSR count). The average Bonchev–Trinajstić information content (AvgIpc) is 3.27. The van der Waals surface area contributed by atoms with Gasteiger partial charge in [-0.25, -0.2) is 0 Å². The Morgan fingerprint density at radius 1 is 0.355 bits per heavy atom. The lowest BCUT2D eigenvalue weighted by atomic mass is 10.1. The Morgan fingerprint density at radius 3 is 1.26 bits per heavy atom. The molecular weight excluding hydrogens is 769 g/mol. The lowest BCUT2D eigenvalue weighted by Crippen LogP contribution is -2.30. The van der Waals surface area contributed by atoms with Crippen LogP contribution in [0.25, 0.3) is 0 Å². The summed E-state index contributed by atoms with van der Waals surface area (Å²) in [7, 11) is 0. The number of hydrogen-bond donors (Lipinski definition) is 0. The molecule has 62 heavy (non-hydrogen) atoms. The highest BCUT2D eigenvalue weighted by atomic mass is 16.6. The van der Waals surface area contributed by atoms with Crippen molar-refractivity contribution in [3.63, 3.8) is 0 Å². The smallest absolute Gasteiger partial charge is 0.306 e. The summed E-state index contributed by atoms with van der Waals surface area (Å²) in [6.07, 6.45) is 66.5. The van der Waals surface area contributed by atoms with Crippen molar-refractivity contribution in [2.75, 3.05) is 13.2 Å². The second kappa shape index (κ2) is 49.7. The Hall–Kier alpha value is -3.93. The van der Waals surface area contributed by atoms with Gasteiger partial charge in [-0.2, -0.15) is 0 Å². The zero-order valence-corrected chi connectivity index (χ0v) is 39.8. The minimum Gasteiger partial charge on any atom is -0.462 e. The molecular formula is C56H90O6. The topological polar surface area (TPSA) is 78.9 Å². The quantitative estimate of drug-likeness (QED) is 0.0200. The summed E-state index contributed by atoms with van der Waals surface area (Å²) >= 11 is 0. The number of rotatable bonds is 43. The highest BCUT2D eigenvalue weighted by Gasteiger charge is 2.19. The Balaban J connectivity index is 4.54. The Bertz CT molecular complexity index is 1310. The van der Waals surface area contributed by atoms with E-state index in [9.17, 15) is 14.4 Å². The second-order valence-electron chi connectivity index (χ2n) is 16.0. The van der Waals surface area contributed by atoms with Crippen LogP contribution < -0.4 is 0 Å². The summed E-state index contributed by atoms with van der Waals surface area (Å²) in [5.41, 5.74) is 0. The maximum Gasteiger partial charge on any atom is 0.306 e. The molecule has 0 heterocycles. The maximum atomic E-state index is 12.8. The zero-order chi connectivity index (χ0) is 45.1. The molecule has 6 nitrogen and oxygen atoms in total. The fourth-order valence-corrected chi connectivity index (χ4v) is 6.39. The second-order valence-corrected chi connectivity index (χ2v) is 16.0. The van der Waals surface area contributed by atoms with Crippen molar-refractivity contribution in [3.05, 3.63) is 109 Å². The number of carbonyl (C=O) groups is 3. The maximum absolute atomic E-state index is 12.8. The Kier molecular flexibility index (Phi) is 46.6. The number of carbonyl (C=O) groups excluding carboxylic acids is 3. The van der Waals surface area contributed by atoms with E-state index in [1.807, 2.05) is 36.5 Å². The van der Waals surface area contributed by atoms with Crippen molar-refractivity contribution in [2.45, 2.75) is 213 Å². The van der Waals surface area contributed by atoms with E-state index in [0.29, 0.717) is 19.3 Å². The van der Waals surface area contributed by atoms with E-state index < -0.39 is 6.10 Å². The van der Waals surface area contributed by atoms with Gasteiger partial charge in [0.2, 0.25) is 0 Å². The van der Waals surface area contributed by atoms with Gasteiger partial charge in [-0.1, -0.05) is 201 Å². The number of ether oxygens (including phenoxy) is 3. The fourth-order valence-electron chi connectivity index (χ4n) is 6.39. The van der Waals surface area contributed by atoms with Gasteiger partial charge in [0.25, 0.3) is 0 Å². The van der Waals surface area contributed by atoms with Crippen LogP contribution in [0, 0.1) is 0 Å². The van der Waals surface area contributed by atoms with Crippen molar-refractivity contribution in [3.8, 4) is 0 Å². The summed E-state index contributed by atoms with van der Waals surface area (Å²) in [5, 5.41) is 0. The van der Waals surface area contributed by atoms with Gasteiger partial charge in [0.05, 0.1) is 0 Å². The Labute approximate surface area is 380 Å². The van der Waals surface area contributed by atoms with Crippen molar-refractivity contribution < 1.29 is 28.6 Å². The van der Waals surface area contributed by atoms with Gasteiger partial charge >= 0.3 is 17.9 Å². The number of unbranched alkanes of at least 4 members (excludes halogenated alkanes) is 17. The molecule has 0 fully saturated rings. The van der Waals surface area contributed by atoms with Crippen LogP contribution in [0.4, 0.5) is 0 Å². The van der Waals surface area contributed by atoms with Gasteiger partial charge in [0, 0.05) is 19.3 Å². The summed E-state index contributed by atoms with van der Waals surface area (Å²) < 4.78 is 16.7. The number of allylic oxidation sites excluding steroid dienone is 18. The molecule has 0 aliphatic heterocycles. The minimum absolute atomic E-state index is 0.120. The highest BCUT2D eigenvalue weighted by Crippen LogP contribution is 2.13. The number of esters is 3. The van der Waals surface area contributed by atoms with Crippen LogP contribution >= 0.6 is 0 Å². The lowest BCUT2D eigenvalue weighted by molar-refractivity contribution is -0.167. The molecule has 0 aromatic rings. The normalized spacial score (nSPS) is 13.0. The summed E-state index contributed by atoms with van der Waals surface area (Å²) in [5.74, 6) is -1.02. The molecule has 0 amide bonds. The van der Waals surface area contributed by atoms with Crippen LogP contribution in [0.3, 0.4) is 0 Å². The molecule has 0 aromatic carbocycles. The fraction of sp³-hybridized carbons (Fsp3) is 0.625. The van der Waals surface area contributed by atoms with Gasteiger partial charge < -0.3 is 14.2 Å². The van der Waals surface area contributed by atoms with E-state index >= 15 is 0 Å². The third-order valence-electron chi connectivity index (χ3n) is 10.1.